The van der Waals surface area contributed by atoms with E-state index in [1.165, 1.54) is 14.3 Å². The monoisotopic (exact) mass is 489 g/mol. The summed E-state index contributed by atoms with van der Waals surface area (Å²) in [5.41, 5.74) is 0.0605. The first kappa shape index (κ1) is 23.9. The maximum absolute atomic E-state index is 11.2. The van der Waals surface area contributed by atoms with Crippen LogP contribution in [-0.2, 0) is 19.4 Å². The molecule has 0 atom stereocenters. The van der Waals surface area contributed by atoms with Gasteiger partial charge in [0.2, 0.25) is 0 Å². The number of hydrogen-bond donors (Lipinski definition) is 0. The Morgan fingerprint density at radius 3 is 1.96 bits per heavy atom. The number of hydrogen-bond acceptors (Lipinski definition) is 5. The Kier molecular flexibility index (Phi) is 12.7. The zero-order chi connectivity index (χ0) is 20.6. The molecule has 0 unspecified atom stereocenters. The molecule has 0 heterocycles. The zero-order valence-electron chi connectivity index (χ0n) is 16.2. The number of carboxylic acids is 1. The predicted molar refractivity (Wildman–Crippen MR) is 108 cm³/mol. The van der Waals surface area contributed by atoms with Crippen molar-refractivity contribution in [1.82, 2.24) is 0 Å². The Bertz CT molecular complexity index is 692. The second-order valence-corrected chi connectivity index (χ2v) is 9.82. The SMILES string of the molecule is CCCCC=C(CC(=O)[O-])C(=O)OOC.c1cc[c]([Sn+][c]2ccccc2)cc1. The summed E-state index contributed by atoms with van der Waals surface area (Å²) >= 11 is -0.517. The summed E-state index contributed by atoms with van der Waals surface area (Å²) in [4.78, 5) is 29.9. The first-order valence-corrected chi connectivity index (χ1v) is 11.9. The van der Waals surface area contributed by atoms with Crippen molar-refractivity contribution in [2.45, 2.75) is 32.6 Å². The van der Waals surface area contributed by atoms with Crippen molar-refractivity contribution in [3.8, 4) is 0 Å². The molecule has 0 saturated heterocycles. The molecule has 6 heteroatoms. The van der Waals surface area contributed by atoms with Crippen molar-refractivity contribution in [3.63, 3.8) is 0 Å². The van der Waals surface area contributed by atoms with E-state index in [0.717, 1.165) is 12.8 Å². The van der Waals surface area contributed by atoms with E-state index in [0.29, 0.717) is 6.42 Å². The van der Waals surface area contributed by atoms with Crippen molar-refractivity contribution in [2.75, 3.05) is 7.11 Å². The molecule has 1 radical (unpaired) electrons. The van der Waals surface area contributed by atoms with Crippen molar-refractivity contribution < 1.29 is 24.5 Å². The Morgan fingerprint density at radius 1 is 1.00 bits per heavy atom. The van der Waals surface area contributed by atoms with Gasteiger partial charge in [-0.25, -0.2) is 4.79 Å². The summed E-state index contributed by atoms with van der Waals surface area (Å²) in [5.74, 6) is -2.09. The van der Waals surface area contributed by atoms with Gasteiger partial charge in [0.05, 0.1) is 7.11 Å². The summed E-state index contributed by atoms with van der Waals surface area (Å²) in [6.45, 7) is 2.00. The number of rotatable bonds is 9. The van der Waals surface area contributed by atoms with Crippen molar-refractivity contribution in [3.05, 3.63) is 72.3 Å². The van der Waals surface area contributed by atoms with Crippen molar-refractivity contribution >= 4 is 40.2 Å². The van der Waals surface area contributed by atoms with Gasteiger partial charge in [0, 0.05) is 18.0 Å². The van der Waals surface area contributed by atoms with E-state index in [-0.39, 0.29) is 5.57 Å². The Balaban J connectivity index is 0.000000281. The molecule has 2 aromatic carbocycles. The molecule has 0 N–H and O–H groups in total. The fraction of sp³-hybridized carbons (Fsp3) is 0.273. The van der Waals surface area contributed by atoms with Crippen LogP contribution in [0, 0.1) is 0 Å². The molecular weight excluding hydrogens is 463 g/mol. The van der Waals surface area contributed by atoms with Gasteiger partial charge >= 0.3 is 94.9 Å². The fourth-order valence-electron chi connectivity index (χ4n) is 2.20. The van der Waals surface area contributed by atoms with Gasteiger partial charge in [-0.15, -0.1) is 0 Å². The molecular formula is C22H25O5Sn. The van der Waals surface area contributed by atoms with E-state index >= 15 is 0 Å². The number of carbonyl (C=O) groups excluding carboxylic acids is 2. The van der Waals surface area contributed by atoms with Gasteiger partial charge in [-0.3, -0.25) is 4.89 Å². The number of carbonyl (C=O) groups is 2. The molecule has 0 aromatic heterocycles. The molecule has 0 amide bonds. The molecule has 2 rings (SSSR count). The van der Waals surface area contributed by atoms with E-state index < -0.39 is 39.5 Å². The normalized spacial score (nSPS) is 10.4. The Hall–Kier alpha value is -2.12. The van der Waals surface area contributed by atoms with Crippen LogP contribution in [-0.4, -0.2) is 40.2 Å². The predicted octanol–water partition coefficient (Wildman–Crippen LogP) is 1.69. The minimum absolute atomic E-state index is 0.0605. The standard InChI is InChI=1S/C10H16O5.2C6H5.Sn/c1-3-4-5-6-8(7-9(11)12)10(13)15-14-2;2*1-2-4-6-5-3-1;/h6H,3-5,7H2,1-2H3,(H,11,12);2*1-5H;/q;;;+1/p-1. The number of carboxylic acid groups (broad SMARTS) is 1. The summed E-state index contributed by atoms with van der Waals surface area (Å²) < 4.78 is 3.08. The van der Waals surface area contributed by atoms with Gasteiger partial charge in [0.15, 0.2) is 0 Å². The number of aliphatic carboxylic acids is 1. The van der Waals surface area contributed by atoms with E-state index in [9.17, 15) is 14.7 Å². The van der Waals surface area contributed by atoms with Gasteiger partial charge in [-0.1, -0.05) is 25.8 Å². The topological polar surface area (TPSA) is 75.7 Å². The minimum atomic E-state index is -1.31. The molecule has 0 aliphatic carbocycles. The third-order valence-corrected chi connectivity index (χ3v) is 7.09. The van der Waals surface area contributed by atoms with Crippen LogP contribution < -0.4 is 12.3 Å². The van der Waals surface area contributed by atoms with Gasteiger partial charge in [0.25, 0.3) is 0 Å². The van der Waals surface area contributed by atoms with E-state index in [1.54, 1.807) is 6.08 Å². The van der Waals surface area contributed by atoms with Gasteiger partial charge in [-0.2, -0.15) is 4.89 Å². The maximum atomic E-state index is 11.2. The number of benzene rings is 2. The van der Waals surface area contributed by atoms with Crippen LogP contribution >= 0.6 is 0 Å². The summed E-state index contributed by atoms with van der Waals surface area (Å²) in [5, 5.41) is 10.4. The second-order valence-electron chi connectivity index (χ2n) is 5.81. The van der Waals surface area contributed by atoms with E-state index in [2.05, 4.69) is 70.4 Å². The third-order valence-electron chi connectivity index (χ3n) is 3.54. The Morgan fingerprint density at radius 2 is 1.54 bits per heavy atom. The quantitative estimate of drug-likeness (QED) is 0.177. The third kappa shape index (κ3) is 10.9. The molecule has 0 fully saturated rings. The van der Waals surface area contributed by atoms with Crippen LogP contribution in [0.1, 0.15) is 32.6 Å². The van der Waals surface area contributed by atoms with Gasteiger partial charge in [-0.05, 0) is 6.42 Å². The van der Waals surface area contributed by atoms with Crippen LogP contribution in [0.2, 0.25) is 0 Å². The molecule has 0 aliphatic heterocycles. The molecule has 5 nitrogen and oxygen atoms in total. The van der Waals surface area contributed by atoms with Gasteiger partial charge in [0.1, 0.15) is 0 Å². The Labute approximate surface area is 176 Å². The summed E-state index contributed by atoms with van der Waals surface area (Å²) in [7, 11) is 1.18. The van der Waals surface area contributed by atoms with Crippen molar-refractivity contribution in [1.29, 1.82) is 0 Å². The summed E-state index contributed by atoms with van der Waals surface area (Å²) in [6, 6.07) is 21.6. The van der Waals surface area contributed by atoms with Crippen LogP contribution in [0.4, 0.5) is 0 Å². The molecule has 0 bridgehead atoms. The summed E-state index contributed by atoms with van der Waals surface area (Å²) in [6.07, 6.45) is 3.58. The molecule has 0 spiro atoms. The van der Waals surface area contributed by atoms with Crippen molar-refractivity contribution in [2.24, 2.45) is 0 Å². The first-order valence-electron chi connectivity index (χ1n) is 9.07. The van der Waals surface area contributed by atoms with E-state index in [4.69, 9.17) is 0 Å². The molecule has 147 valence electrons. The molecule has 0 saturated carbocycles. The van der Waals surface area contributed by atoms with Crippen LogP contribution in [0.15, 0.2) is 72.3 Å². The second kappa shape index (κ2) is 14.9. The molecule has 0 aliphatic rings. The molecule has 28 heavy (non-hydrogen) atoms. The van der Waals surface area contributed by atoms with Crippen LogP contribution in [0.5, 0.6) is 0 Å². The molecule has 2 aromatic rings. The zero-order valence-corrected chi connectivity index (χ0v) is 19.1. The van der Waals surface area contributed by atoms with Crippen LogP contribution in [0.25, 0.3) is 0 Å². The van der Waals surface area contributed by atoms with Crippen LogP contribution in [0.3, 0.4) is 0 Å². The average molecular weight is 488 g/mol. The van der Waals surface area contributed by atoms with E-state index in [1.807, 2.05) is 6.92 Å². The number of unbranched alkanes of at least 4 members (excludes halogenated alkanes) is 2. The fourth-order valence-corrected chi connectivity index (χ4v) is 5.20. The number of allylic oxidation sites excluding steroid dienone is 1. The first-order chi connectivity index (χ1) is 13.6. The average Bonchev–Trinajstić information content (AvgIpc) is 2.69. The van der Waals surface area contributed by atoms with Gasteiger partial charge < -0.3 is 9.90 Å².